The van der Waals surface area contributed by atoms with E-state index in [-0.39, 0.29) is 17.9 Å². The maximum atomic E-state index is 13.4. The lowest BCUT2D eigenvalue weighted by molar-refractivity contribution is -0.138. The van der Waals surface area contributed by atoms with E-state index < -0.39 is 18.2 Å². The van der Waals surface area contributed by atoms with Gasteiger partial charge in [0.05, 0.1) is 12.3 Å². The summed E-state index contributed by atoms with van der Waals surface area (Å²) < 4.78 is 0. The largest absolute Gasteiger partial charge is 0.369 e. The molecule has 0 aromatic heterocycles. The number of nitrogens with zero attached hydrogens (tertiary/aromatic N) is 3. The van der Waals surface area contributed by atoms with Gasteiger partial charge in [-0.25, -0.2) is 4.79 Å². The molecule has 36 heavy (non-hydrogen) atoms. The minimum absolute atomic E-state index is 0.231. The van der Waals surface area contributed by atoms with Gasteiger partial charge < -0.3 is 16.0 Å². The fourth-order valence-corrected chi connectivity index (χ4v) is 5.16. The van der Waals surface area contributed by atoms with Gasteiger partial charge in [-0.3, -0.25) is 19.9 Å². The number of amides is 3. The highest BCUT2D eigenvalue weighted by Crippen LogP contribution is 2.25. The van der Waals surface area contributed by atoms with Crippen LogP contribution in [0.3, 0.4) is 0 Å². The van der Waals surface area contributed by atoms with E-state index in [1.807, 2.05) is 44.2 Å². The summed E-state index contributed by atoms with van der Waals surface area (Å²) in [4.78, 5) is 31.6. The maximum absolute atomic E-state index is 13.4. The minimum Gasteiger partial charge on any atom is -0.369 e. The second-order valence-electron chi connectivity index (χ2n) is 10.4. The van der Waals surface area contributed by atoms with Crippen LogP contribution in [0.2, 0.25) is 0 Å². The average molecular weight is 493 g/mol. The van der Waals surface area contributed by atoms with Gasteiger partial charge in [0.1, 0.15) is 5.92 Å². The van der Waals surface area contributed by atoms with E-state index in [2.05, 4.69) is 39.8 Å². The number of likely N-dealkylation sites (tertiary alicyclic amines) is 1. The number of nitrogens with one attached hydrogen (secondary N) is 2. The van der Waals surface area contributed by atoms with Crippen molar-refractivity contribution in [1.82, 2.24) is 20.0 Å². The van der Waals surface area contributed by atoms with Crippen molar-refractivity contribution < 1.29 is 9.59 Å². The van der Waals surface area contributed by atoms with Crippen LogP contribution in [-0.2, 0) is 17.9 Å². The van der Waals surface area contributed by atoms with E-state index in [4.69, 9.17) is 5.73 Å². The Morgan fingerprint density at radius 1 is 1.00 bits per heavy atom. The molecule has 0 saturated carbocycles. The zero-order chi connectivity index (χ0) is 25.7. The third-order valence-electron chi connectivity index (χ3n) is 7.02. The number of carbonyl (C=O) groups excluding carboxylic acids is 2. The van der Waals surface area contributed by atoms with E-state index in [0.717, 1.165) is 30.9 Å². The van der Waals surface area contributed by atoms with Crippen LogP contribution in [-0.4, -0.2) is 65.7 Å². The van der Waals surface area contributed by atoms with Crippen molar-refractivity contribution in [3.8, 4) is 0 Å². The number of nitrogens with two attached hydrogens (primary N) is 1. The summed E-state index contributed by atoms with van der Waals surface area (Å²) in [7, 11) is 1.54. The molecule has 3 atom stereocenters. The Morgan fingerprint density at radius 2 is 1.69 bits per heavy atom. The van der Waals surface area contributed by atoms with Crippen LogP contribution in [0.15, 0.2) is 54.6 Å². The lowest BCUT2D eigenvalue weighted by Gasteiger charge is -2.45. The molecule has 0 aliphatic carbocycles. The molecule has 194 valence electrons. The van der Waals surface area contributed by atoms with Crippen molar-refractivity contribution in [1.29, 1.82) is 0 Å². The van der Waals surface area contributed by atoms with Gasteiger partial charge in [-0.1, -0.05) is 56.3 Å². The van der Waals surface area contributed by atoms with Crippen LogP contribution in [0.5, 0.6) is 0 Å². The number of benzene rings is 2. The molecule has 2 aliphatic heterocycles. The van der Waals surface area contributed by atoms with Crippen molar-refractivity contribution >= 4 is 17.6 Å². The number of carbonyl (C=O) groups is 2. The lowest BCUT2D eigenvalue weighted by atomic mass is 9.95. The summed E-state index contributed by atoms with van der Waals surface area (Å²) >= 11 is 0. The summed E-state index contributed by atoms with van der Waals surface area (Å²) in [5, 5.41) is 7.03. The second kappa shape index (κ2) is 11.9. The number of urea groups is 1. The first-order chi connectivity index (χ1) is 17.3. The summed E-state index contributed by atoms with van der Waals surface area (Å²) in [5.74, 6) is -0.704. The number of hydrogen-bond donors (Lipinski definition) is 3. The van der Waals surface area contributed by atoms with Gasteiger partial charge in [0, 0.05) is 32.4 Å². The van der Waals surface area contributed by atoms with E-state index >= 15 is 0 Å². The van der Waals surface area contributed by atoms with Gasteiger partial charge in [-0.05, 0) is 55.1 Å². The van der Waals surface area contributed by atoms with E-state index in [9.17, 15) is 9.59 Å². The molecule has 3 amide bonds. The molecule has 2 aromatic carbocycles. The van der Waals surface area contributed by atoms with Crippen molar-refractivity contribution in [2.75, 3.05) is 32.0 Å². The van der Waals surface area contributed by atoms with Crippen LogP contribution in [0, 0.1) is 11.8 Å². The Kier molecular flexibility index (Phi) is 8.61. The van der Waals surface area contributed by atoms with E-state index in [0.29, 0.717) is 13.1 Å². The number of imide groups is 1. The summed E-state index contributed by atoms with van der Waals surface area (Å²) in [5.41, 5.74) is 9.95. The molecule has 0 spiro atoms. The van der Waals surface area contributed by atoms with Crippen LogP contribution in [0.1, 0.15) is 37.8 Å². The molecule has 8 nitrogen and oxygen atoms in total. The Labute approximate surface area is 214 Å². The number of rotatable bonds is 10. The molecule has 2 heterocycles. The Balaban J connectivity index is 1.55. The zero-order valence-corrected chi connectivity index (χ0v) is 21.7. The molecule has 2 aliphatic rings. The van der Waals surface area contributed by atoms with Crippen molar-refractivity contribution in [2.24, 2.45) is 17.6 Å². The summed E-state index contributed by atoms with van der Waals surface area (Å²) in [6.45, 7) is 8.42. The van der Waals surface area contributed by atoms with Crippen molar-refractivity contribution in [2.45, 2.75) is 52.1 Å². The quantitative estimate of drug-likeness (QED) is 0.441. The van der Waals surface area contributed by atoms with Crippen molar-refractivity contribution in [3.05, 3.63) is 65.7 Å². The Morgan fingerprint density at radius 3 is 2.39 bits per heavy atom. The number of anilines is 1. The third kappa shape index (κ3) is 6.24. The third-order valence-corrected chi connectivity index (χ3v) is 7.02. The molecule has 2 saturated heterocycles. The molecule has 3 unspecified atom stereocenters. The van der Waals surface area contributed by atoms with Gasteiger partial charge in [0.25, 0.3) is 0 Å². The highest BCUT2D eigenvalue weighted by molar-refractivity contribution is 5.98. The fraction of sp³-hybridized carbons (Fsp3) is 0.500. The van der Waals surface area contributed by atoms with Crippen LogP contribution < -0.4 is 16.4 Å². The number of hydrogen-bond acceptors (Lipinski definition) is 6. The molecule has 2 fully saturated rings. The first kappa shape index (κ1) is 26.1. The molecule has 2 aromatic rings. The molecule has 0 radical (unpaired) electrons. The summed E-state index contributed by atoms with van der Waals surface area (Å²) in [6.07, 6.45) is 1.34. The molecular weight excluding hydrogens is 452 g/mol. The van der Waals surface area contributed by atoms with Gasteiger partial charge in [0.2, 0.25) is 5.91 Å². The van der Waals surface area contributed by atoms with Gasteiger partial charge >= 0.3 is 6.03 Å². The van der Waals surface area contributed by atoms with Crippen LogP contribution in [0.4, 0.5) is 10.5 Å². The Bertz CT molecular complexity index is 1020. The fourth-order valence-electron chi connectivity index (χ4n) is 5.16. The van der Waals surface area contributed by atoms with Crippen LogP contribution >= 0.6 is 0 Å². The Hall–Kier alpha value is -2.94. The second-order valence-corrected chi connectivity index (χ2v) is 10.4. The average Bonchev–Trinajstić information content (AvgIpc) is 3.37. The van der Waals surface area contributed by atoms with Gasteiger partial charge in [-0.15, -0.1) is 0 Å². The molecule has 0 bridgehead atoms. The standard InChI is InChI=1S/C28H40N6O2/c1-20(2)18-34-25(29)24(27(35)32(3)28(34)36)26(31-23-12-5-4-6-13-23)30-17-21-10-9-11-22(16-21)19-33-14-7-8-15-33/h4-6,9-13,16,20,24-26,30-31H,7-8,14-15,17-19,29H2,1-3H3. The maximum Gasteiger partial charge on any atom is 0.327 e. The van der Waals surface area contributed by atoms with Gasteiger partial charge in [0.15, 0.2) is 0 Å². The lowest BCUT2D eigenvalue weighted by Crippen LogP contribution is -2.69. The first-order valence-corrected chi connectivity index (χ1v) is 13.0. The van der Waals surface area contributed by atoms with Crippen LogP contribution in [0.25, 0.3) is 0 Å². The normalized spacial score (nSPS) is 21.9. The van der Waals surface area contributed by atoms with E-state index in [1.165, 1.54) is 30.4 Å². The molecule has 4 rings (SSSR count). The predicted octanol–water partition coefficient (Wildman–Crippen LogP) is 3.26. The molecule has 4 N–H and O–H groups in total. The first-order valence-electron chi connectivity index (χ1n) is 13.0. The summed E-state index contributed by atoms with van der Waals surface area (Å²) in [6, 6.07) is 18.0. The molecular formula is C28H40N6O2. The topological polar surface area (TPSA) is 93.9 Å². The molecule has 8 heteroatoms. The van der Waals surface area contributed by atoms with E-state index in [1.54, 1.807) is 4.90 Å². The monoisotopic (exact) mass is 492 g/mol. The zero-order valence-electron chi connectivity index (χ0n) is 21.7. The SMILES string of the molecule is CC(C)CN1C(=O)N(C)C(=O)C(C(NCc2cccc(CN3CCCC3)c2)Nc2ccccc2)C1N. The highest BCUT2D eigenvalue weighted by Gasteiger charge is 2.47. The predicted molar refractivity (Wildman–Crippen MR) is 143 cm³/mol. The highest BCUT2D eigenvalue weighted by atomic mass is 16.2. The smallest absolute Gasteiger partial charge is 0.327 e. The minimum atomic E-state index is -0.737. The van der Waals surface area contributed by atoms with Gasteiger partial charge in [-0.2, -0.15) is 0 Å². The number of para-hydroxylation sites is 1. The van der Waals surface area contributed by atoms with Crippen molar-refractivity contribution in [3.63, 3.8) is 0 Å².